The fourth-order valence-electron chi connectivity index (χ4n) is 3.37. The van der Waals surface area contributed by atoms with Gasteiger partial charge in [-0.2, -0.15) is 5.26 Å². The van der Waals surface area contributed by atoms with Gasteiger partial charge in [0.2, 0.25) is 0 Å². The lowest BCUT2D eigenvalue weighted by atomic mass is 10.1. The van der Waals surface area contributed by atoms with Crippen molar-refractivity contribution in [1.82, 2.24) is 4.57 Å². The first-order valence-corrected chi connectivity index (χ1v) is 10.3. The normalized spacial score (nSPS) is 11.3. The molecule has 0 saturated heterocycles. The van der Waals surface area contributed by atoms with Crippen LogP contribution in [-0.4, -0.2) is 10.5 Å². The van der Waals surface area contributed by atoms with E-state index < -0.39 is 5.91 Å². The number of nitrogens with zero attached hydrogens (tertiary/aromatic N) is 2. The van der Waals surface area contributed by atoms with Crippen molar-refractivity contribution in [2.45, 2.75) is 6.54 Å². The number of nitrogens with one attached hydrogen (secondary N) is 1. The van der Waals surface area contributed by atoms with Gasteiger partial charge in [0.15, 0.2) is 0 Å². The van der Waals surface area contributed by atoms with Gasteiger partial charge in [0.05, 0.1) is 0 Å². The summed E-state index contributed by atoms with van der Waals surface area (Å²) in [6, 6.07) is 24.3. The molecule has 0 aliphatic heterocycles. The average molecular weight is 446 g/mol. The molecule has 31 heavy (non-hydrogen) atoms. The van der Waals surface area contributed by atoms with E-state index in [9.17, 15) is 10.1 Å². The molecule has 0 radical (unpaired) electrons. The molecule has 3 aromatic carbocycles. The third kappa shape index (κ3) is 4.64. The minimum Gasteiger partial charge on any atom is -0.342 e. The van der Waals surface area contributed by atoms with Crippen LogP contribution < -0.4 is 5.32 Å². The Morgan fingerprint density at radius 1 is 1.00 bits per heavy atom. The molecule has 0 aliphatic carbocycles. The van der Waals surface area contributed by atoms with E-state index in [0.29, 0.717) is 22.3 Å². The van der Waals surface area contributed by atoms with Gasteiger partial charge in [-0.1, -0.05) is 59.6 Å². The van der Waals surface area contributed by atoms with Crippen LogP contribution in [0, 0.1) is 11.3 Å². The molecule has 0 saturated carbocycles. The van der Waals surface area contributed by atoms with E-state index in [2.05, 4.69) is 9.88 Å². The molecule has 0 spiro atoms. The molecule has 4 aromatic rings. The molecule has 1 N–H and O–H groups in total. The molecule has 0 unspecified atom stereocenters. The maximum atomic E-state index is 12.7. The number of hydrogen-bond donors (Lipinski definition) is 1. The minimum atomic E-state index is -0.479. The first-order valence-electron chi connectivity index (χ1n) is 9.55. The zero-order chi connectivity index (χ0) is 21.8. The van der Waals surface area contributed by atoms with E-state index in [-0.39, 0.29) is 5.57 Å². The lowest BCUT2D eigenvalue weighted by Crippen LogP contribution is -2.13. The Kier molecular flexibility index (Phi) is 6.08. The van der Waals surface area contributed by atoms with Crippen LogP contribution in [0.15, 0.2) is 84.6 Å². The standard InChI is InChI=1S/C25H17Cl2N3O/c26-20-9-11-21(12-10-20)29-25(31)18(14-28)13-19-16-30(24-8-4-2-6-22(19)24)15-17-5-1-3-7-23(17)27/h1-13,16H,15H2,(H,29,31)/b18-13+. The van der Waals surface area contributed by atoms with Gasteiger partial charge in [0, 0.05) is 44.9 Å². The summed E-state index contributed by atoms with van der Waals surface area (Å²) in [5.74, 6) is -0.479. The number of benzene rings is 3. The summed E-state index contributed by atoms with van der Waals surface area (Å²) in [4.78, 5) is 12.7. The molecule has 1 heterocycles. The third-order valence-corrected chi connectivity index (χ3v) is 5.51. The number of nitriles is 1. The van der Waals surface area contributed by atoms with Gasteiger partial charge < -0.3 is 9.88 Å². The summed E-state index contributed by atoms with van der Waals surface area (Å²) in [5, 5.41) is 14.5. The van der Waals surface area contributed by atoms with E-state index in [0.717, 1.165) is 22.0 Å². The summed E-state index contributed by atoms with van der Waals surface area (Å²) >= 11 is 12.2. The monoisotopic (exact) mass is 445 g/mol. The van der Waals surface area contributed by atoms with Gasteiger partial charge in [-0.15, -0.1) is 0 Å². The number of anilines is 1. The molecular formula is C25H17Cl2N3O. The van der Waals surface area contributed by atoms with E-state index in [1.165, 1.54) is 0 Å². The van der Waals surface area contributed by atoms with Crippen molar-refractivity contribution in [1.29, 1.82) is 5.26 Å². The maximum absolute atomic E-state index is 12.7. The molecular weight excluding hydrogens is 429 g/mol. The van der Waals surface area contributed by atoms with Crippen LogP contribution in [0.25, 0.3) is 17.0 Å². The van der Waals surface area contributed by atoms with Crippen molar-refractivity contribution in [3.63, 3.8) is 0 Å². The molecule has 6 heteroatoms. The summed E-state index contributed by atoms with van der Waals surface area (Å²) in [5.41, 5.74) is 3.34. The Morgan fingerprint density at radius 2 is 1.71 bits per heavy atom. The second-order valence-corrected chi connectivity index (χ2v) is 7.80. The highest BCUT2D eigenvalue weighted by atomic mass is 35.5. The van der Waals surface area contributed by atoms with Gasteiger partial charge >= 0.3 is 0 Å². The molecule has 0 aliphatic rings. The zero-order valence-corrected chi connectivity index (χ0v) is 17.9. The molecule has 1 amide bonds. The van der Waals surface area contributed by atoms with Crippen LogP contribution in [0.2, 0.25) is 10.0 Å². The van der Waals surface area contributed by atoms with Gasteiger partial charge in [0.25, 0.3) is 5.91 Å². The Balaban J connectivity index is 1.68. The van der Waals surface area contributed by atoms with Crippen molar-refractivity contribution >= 4 is 51.8 Å². The third-order valence-electron chi connectivity index (χ3n) is 4.88. The number of fused-ring (bicyclic) bond motifs is 1. The van der Waals surface area contributed by atoms with Gasteiger partial charge in [-0.3, -0.25) is 4.79 Å². The highest BCUT2D eigenvalue weighted by Crippen LogP contribution is 2.26. The Labute approximate surface area is 189 Å². The van der Waals surface area contributed by atoms with Crippen molar-refractivity contribution in [3.8, 4) is 6.07 Å². The summed E-state index contributed by atoms with van der Waals surface area (Å²) < 4.78 is 2.06. The van der Waals surface area contributed by atoms with Crippen LogP contribution in [0.3, 0.4) is 0 Å². The predicted octanol–water partition coefficient (Wildman–Crippen LogP) is 6.54. The van der Waals surface area contributed by atoms with Crippen molar-refractivity contribution in [3.05, 3.63) is 106 Å². The maximum Gasteiger partial charge on any atom is 0.266 e. The van der Waals surface area contributed by atoms with Crippen LogP contribution in [0.1, 0.15) is 11.1 Å². The van der Waals surface area contributed by atoms with Gasteiger partial charge in [0.1, 0.15) is 11.6 Å². The van der Waals surface area contributed by atoms with Crippen molar-refractivity contribution in [2.24, 2.45) is 0 Å². The molecule has 1 aromatic heterocycles. The lowest BCUT2D eigenvalue weighted by Gasteiger charge is -2.07. The fraction of sp³-hybridized carbons (Fsp3) is 0.0400. The highest BCUT2D eigenvalue weighted by Gasteiger charge is 2.13. The van der Waals surface area contributed by atoms with Crippen LogP contribution in [0.4, 0.5) is 5.69 Å². The van der Waals surface area contributed by atoms with Crippen molar-refractivity contribution < 1.29 is 4.79 Å². The second-order valence-electron chi connectivity index (χ2n) is 6.95. The lowest BCUT2D eigenvalue weighted by molar-refractivity contribution is -0.112. The number of halogens is 2. The molecule has 0 fully saturated rings. The summed E-state index contributed by atoms with van der Waals surface area (Å²) in [6.45, 7) is 0.576. The number of hydrogen-bond acceptors (Lipinski definition) is 2. The zero-order valence-electron chi connectivity index (χ0n) is 16.3. The number of para-hydroxylation sites is 1. The summed E-state index contributed by atoms with van der Waals surface area (Å²) in [6.07, 6.45) is 3.54. The quantitative estimate of drug-likeness (QED) is 0.280. The largest absolute Gasteiger partial charge is 0.342 e. The number of rotatable bonds is 5. The Bertz CT molecular complexity index is 1330. The molecule has 0 atom stereocenters. The number of carbonyl (C=O) groups is 1. The Morgan fingerprint density at radius 3 is 2.45 bits per heavy atom. The first kappa shape index (κ1) is 20.7. The second kappa shape index (κ2) is 9.09. The number of amides is 1. The molecule has 4 nitrogen and oxygen atoms in total. The predicted molar refractivity (Wildman–Crippen MR) is 126 cm³/mol. The molecule has 0 bridgehead atoms. The van der Waals surface area contributed by atoms with Gasteiger partial charge in [-0.25, -0.2) is 0 Å². The van der Waals surface area contributed by atoms with E-state index in [1.807, 2.05) is 60.8 Å². The smallest absolute Gasteiger partial charge is 0.266 e. The summed E-state index contributed by atoms with van der Waals surface area (Å²) in [7, 11) is 0. The molecule has 4 rings (SSSR count). The first-order chi connectivity index (χ1) is 15.0. The van der Waals surface area contributed by atoms with E-state index in [1.54, 1.807) is 30.3 Å². The van der Waals surface area contributed by atoms with Crippen LogP contribution >= 0.6 is 23.2 Å². The van der Waals surface area contributed by atoms with E-state index >= 15 is 0 Å². The van der Waals surface area contributed by atoms with Gasteiger partial charge in [-0.05, 0) is 48.0 Å². The van der Waals surface area contributed by atoms with Crippen LogP contribution in [-0.2, 0) is 11.3 Å². The van der Waals surface area contributed by atoms with Crippen LogP contribution in [0.5, 0.6) is 0 Å². The topological polar surface area (TPSA) is 57.8 Å². The average Bonchev–Trinajstić information content (AvgIpc) is 3.12. The Hall–Kier alpha value is -3.52. The SMILES string of the molecule is N#C/C(=C\c1cn(Cc2ccccc2Cl)c2ccccc12)C(=O)Nc1ccc(Cl)cc1. The molecule has 152 valence electrons. The fourth-order valence-corrected chi connectivity index (χ4v) is 3.69. The number of aromatic nitrogens is 1. The minimum absolute atomic E-state index is 0.00981. The highest BCUT2D eigenvalue weighted by molar-refractivity contribution is 6.31. The van der Waals surface area contributed by atoms with Crippen molar-refractivity contribution in [2.75, 3.05) is 5.32 Å². The van der Waals surface area contributed by atoms with E-state index in [4.69, 9.17) is 23.2 Å². The number of carbonyl (C=O) groups excluding carboxylic acids is 1.